The number of hydrogen-bond acceptors (Lipinski definition) is 4. The van der Waals surface area contributed by atoms with Crippen LogP contribution in [0.1, 0.15) is 29.3 Å². The van der Waals surface area contributed by atoms with Crippen molar-refractivity contribution in [3.05, 3.63) is 53.9 Å². The predicted octanol–water partition coefficient (Wildman–Crippen LogP) is 2.42. The van der Waals surface area contributed by atoms with Gasteiger partial charge in [0.1, 0.15) is 5.75 Å². The average Bonchev–Trinajstić information content (AvgIpc) is 2.47. The van der Waals surface area contributed by atoms with Crippen molar-refractivity contribution in [3.63, 3.8) is 0 Å². The van der Waals surface area contributed by atoms with Gasteiger partial charge in [-0.2, -0.15) is 0 Å². The van der Waals surface area contributed by atoms with Crippen molar-refractivity contribution in [1.82, 2.24) is 9.88 Å². The van der Waals surface area contributed by atoms with Crippen molar-refractivity contribution in [2.45, 2.75) is 19.9 Å². The minimum Gasteiger partial charge on any atom is -0.505 e. The van der Waals surface area contributed by atoms with Crippen LogP contribution in [0.15, 0.2) is 42.7 Å². The summed E-state index contributed by atoms with van der Waals surface area (Å²) in [5.74, 6) is -0.310. The summed E-state index contributed by atoms with van der Waals surface area (Å²) in [5, 5.41) is 9.78. The minimum absolute atomic E-state index is 0.101. The molecule has 1 amide bonds. The summed E-state index contributed by atoms with van der Waals surface area (Å²) in [4.78, 5) is 18.0. The molecule has 1 aromatic heterocycles. The van der Waals surface area contributed by atoms with Crippen LogP contribution < -0.4 is 5.73 Å². The number of nitrogens with two attached hydrogens (primary N) is 1. The first-order valence-electron chi connectivity index (χ1n) is 6.88. The van der Waals surface area contributed by atoms with Gasteiger partial charge in [-0.3, -0.25) is 9.78 Å². The van der Waals surface area contributed by atoms with E-state index < -0.39 is 0 Å². The molecule has 5 heteroatoms. The van der Waals surface area contributed by atoms with Crippen LogP contribution in [-0.2, 0) is 6.54 Å². The lowest BCUT2D eigenvalue weighted by Crippen LogP contribution is -2.31. The van der Waals surface area contributed by atoms with Crippen molar-refractivity contribution >= 4 is 11.6 Å². The first-order valence-corrected chi connectivity index (χ1v) is 6.88. The van der Waals surface area contributed by atoms with Crippen molar-refractivity contribution in [2.24, 2.45) is 0 Å². The number of nitrogen functional groups attached to an aromatic ring is 1. The van der Waals surface area contributed by atoms with Crippen LogP contribution in [0.4, 0.5) is 5.69 Å². The number of carbonyl (C=O) groups excluding carboxylic acids is 1. The number of amides is 1. The van der Waals surface area contributed by atoms with E-state index in [-0.39, 0.29) is 17.2 Å². The normalized spacial score (nSPS) is 10.3. The fourth-order valence-corrected chi connectivity index (χ4v) is 2.17. The molecule has 0 radical (unpaired) electrons. The Morgan fingerprint density at radius 2 is 2.19 bits per heavy atom. The van der Waals surface area contributed by atoms with Gasteiger partial charge in [0.2, 0.25) is 0 Å². The molecule has 0 atom stereocenters. The molecule has 2 aromatic rings. The van der Waals surface area contributed by atoms with Gasteiger partial charge in [0.15, 0.2) is 0 Å². The van der Waals surface area contributed by atoms with E-state index >= 15 is 0 Å². The maximum atomic E-state index is 12.6. The van der Waals surface area contributed by atoms with Crippen LogP contribution in [-0.4, -0.2) is 27.4 Å². The van der Waals surface area contributed by atoms with E-state index in [4.69, 9.17) is 5.73 Å². The topological polar surface area (TPSA) is 79.5 Å². The van der Waals surface area contributed by atoms with E-state index in [1.54, 1.807) is 4.90 Å². The molecule has 0 spiro atoms. The third-order valence-electron chi connectivity index (χ3n) is 3.14. The number of pyridine rings is 1. The largest absolute Gasteiger partial charge is 0.505 e. The molecule has 1 heterocycles. The maximum Gasteiger partial charge on any atom is 0.258 e. The molecule has 0 aliphatic rings. The number of aromatic hydroxyl groups is 1. The summed E-state index contributed by atoms with van der Waals surface area (Å²) >= 11 is 0. The number of benzene rings is 1. The Bertz CT molecular complexity index is 628. The predicted molar refractivity (Wildman–Crippen MR) is 81.8 cm³/mol. The van der Waals surface area contributed by atoms with Crippen LogP contribution >= 0.6 is 0 Å². The third kappa shape index (κ3) is 3.72. The maximum absolute atomic E-state index is 12.6. The highest BCUT2D eigenvalue weighted by Crippen LogP contribution is 2.19. The molecule has 3 N–H and O–H groups in total. The highest BCUT2D eigenvalue weighted by Gasteiger charge is 2.18. The van der Waals surface area contributed by atoms with Gasteiger partial charge in [0, 0.05) is 25.0 Å². The second-order valence-electron chi connectivity index (χ2n) is 4.86. The molecule has 110 valence electrons. The average molecular weight is 285 g/mol. The molecule has 1 aromatic carbocycles. The van der Waals surface area contributed by atoms with Crippen molar-refractivity contribution in [1.29, 1.82) is 0 Å². The molecule has 0 aliphatic heterocycles. The summed E-state index contributed by atoms with van der Waals surface area (Å²) < 4.78 is 0. The van der Waals surface area contributed by atoms with Gasteiger partial charge in [0.05, 0.1) is 11.8 Å². The zero-order valence-electron chi connectivity index (χ0n) is 12.0. The van der Waals surface area contributed by atoms with Crippen molar-refractivity contribution in [3.8, 4) is 5.75 Å². The fraction of sp³-hybridized carbons (Fsp3) is 0.250. The lowest BCUT2D eigenvalue weighted by Gasteiger charge is -2.22. The van der Waals surface area contributed by atoms with Crippen LogP contribution in [0.5, 0.6) is 5.75 Å². The molecule has 0 saturated heterocycles. The van der Waals surface area contributed by atoms with Gasteiger partial charge in [-0.25, -0.2) is 0 Å². The Hall–Kier alpha value is -2.56. The third-order valence-corrected chi connectivity index (χ3v) is 3.14. The number of rotatable bonds is 5. The van der Waals surface area contributed by atoms with E-state index in [0.29, 0.717) is 18.8 Å². The summed E-state index contributed by atoms with van der Waals surface area (Å²) in [6, 6.07) is 8.98. The molecule has 0 bridgehead atoms. The molecular formula is C16H19N3O2. The van der Waals surface area contributed by atoms with Crippen LogP contribution in [0, 0.1) is 0 Å². The van der Waals surface area contributed by atoms with Gasteiger partial charge in [-0.1, -0.05) is 19.1 Å². The quantitative estimate of drug-likeness (QED) is 0.827. The summed E-state index contributed by atoms with van der Waals surface area (Å²) in [6.45, 7) is 3.07. The van der Waals surface area contributed by atoms with Gasteiger partial charge < -0.3 is 15.7 Å². The lowest BCUT2D eigenvalue weighted by atomic mass is 10.1. The smallest absolute Gasteiger partial charge is 0.258 e. The number of anilines is 1. The number of hydrogen-bond donors (Lipinski definition) is 2. The Kier molecular flexibility index (Phi) is 4.77. The van der Waals surface area contributed by atoms with Crippen LogP contribution in [0.3, 0.4) is 0 Å². The van der Waals surface area contributed by atoms with Gasteiger partial charge in [0.25, 0.3) is 5.91 Å². The van der Waals surface area contributed by atoms with Crippen molar-refractivity contribution in [2.75, 3.05) is 12.3 Å². The zero-order chi connectivity index (χ0) is 15.2. The first-order chi connectivity index (χ1) is 10.1. The highest BCUT2D eigenvalue weighted by molar-refractivity contribution is 5.96. The molecular weight excluding hydrogens is 266 g/mol. The minimum atomic E-state index is -0.209. The SMILES string of the molecule is CCCN(Cc1cccc(N)c1)C(=O)c1ccncc1O. The summed E-state index contributed by atoms with van der Waals surface area (Å²) in [5.41, 5.74) is 7.67. The summed E-state index contributed by atoms with van der Waals surface area (Å²) in [7, 11) is 0. The van der Waals surface area contributed by atoms with Crippen molar-refractivity contribution < 1.29 is 9.90 Å². The summed E-state index contributed by atoms with van der Waals surface area (Å²) in [6.07, 6.45) is 3.61. The van der Waals surface area contributed by atoms with E-state index in [2.05, 4.69) is 4.98 Å². The standard InChI is InChI=1S/C16H19N3O2/c1-2-8-19(11-12-4-3-5-13(17)9-12)16(21)14-6-7-18-10-15(14)20/h3-7,9-10,20H,2,8,11,17H2,1H3. The van der Waals surface area contributed by atoms with Gasteiger partial charge >= 0.3 is 0 Å². The number of aromatic nitrogens is 1. The Morgan fingerprint density at radius 1 is 1.38 bits per heavy atom. The molecule has 0 unspecified atom stereocenters. The second-order valence-corrected chi connectivity index (χ2v) is 4.86. The van der Waals surface area contributed by atoms with Gasteiger partial charge in [-0.15, -0.1) is 0 Å². The van der Waals surface area contributed by atoms with E-state index in [1.807, 2.05) is 31.2 Å². The van der Waals surface area contributed by atoms with E-state index in [0.717, 1.165) is 12.0 Å². The monoisotopic (exact) mass is 285 g/mol. The zero-order valence-corrected chi connectivity index (χ0v) is 12.0. The molecule has 21 heavy (non-hydrogen) atoms. The highest BCUT2D eigenvalue weighted by atomic mass is 16.3. The Morgan fingerprint density at radius 3 is 2.86 bits per heavy atom. The Balaban J connectivity index is 2.22. The lowest BCUT2D eigenvalue weighted by molar-refractivity contribution is 0.0740. The molecule has 0 fully saturated rings. The molecule has 0 aliphatic carbocycles. The Labute approximate surface area is 124 Å². The molecule has 0 saturated carbocycles. The fourth-order valence-electron chi connectivity index (χ4n) is 2.17. The van der Waals surface area contributed by atoms with E-state index in [9.17, 15) is 9.90 Å². The molecule has 2 rings (SSSR count). The second kappa shape index (κ2) is 6.74. The van der Waals surface area contributed by atoms with Gasteiger partial charge in [-0.05, 0) is 30.2 Å². The van der Waals surface area contributed by atoms with E-state index in [1.165, 1.54) is 18.5 Å². The van der Waals surface area contributed by atoms with Crippen LogP contribution in [0.2, 0.25) is 0 Å². The first kappa shape index (κ1) is 14.8. The number of nitrogens with zero attached hydrogens (tertiary/aromatic N) is 2. The van der Waals surface area contributed by atoms with Crippen LogP contribution in [0.25, 0.3) is 0 Å². The molecule has 5 nitrogen and oxygen atoms in total. The number of carbonyl (C=O) groups is 1.